The lowest BCUT2D eigenvalue weighted by Crippen LogP contribution is -2.39. The van der Waals surface area contributed by atoms with Crippen LogP contribution in [-0.2, 0) is 9.47 Å². The molecule has 0 aliphatic carbocycles. The molecule has 0 aromatic heterocycles. The molecule has 126 valence electrons. The maximum atomic E-state index is 5.41. The Morgan fingerprint density at radius 2 is 1.67 bits per heavy atom. The first kappa shape index (κ1) is 20.1. The third-order valence-electron chi connectivity index (χ3n) is 3.25. The number of guanidine groups is 1. The van der Waals surface area contributed by atoms with Crippen molar-refractivity contribution in [2.24, 2.45) is 4.99 Å². The van der Waals surface area contributed by atoms with Gasteiger partial charge in [0, 0.05) is 33.9 Å². The van der Waals surface area contributed by atoms with Gasteiger partial charge in [-0.2, -0.15) is 0 Å². The van der Waals surface area contributed by atoms with Crippen molar-refractivity contribution >= 4 is 5.96 Å². The van der Waals surface area contributed by atoms with Crippen molar-refractivity contribution in [3.05, 3.63) is 0 Å². The van der Waals surface area contributed by atoms with Gasteiger partial charge >= 0.3 is 0 Å². The first-order valence-electron chi connectivity index (χ1n) is 8.02. The highest BCUT2D eigenvalue weighted by molar-refractivity contribution is 5.79. The Morgan fingerprint density at radius 3 is 2.24 bits per heavy atom. The molecule has 0 unspecified atom stereocenters. The molecule has 0 saturated heterocycles. The van der Waals surface area contributed by atoms with Crippen LogP contribution in [0.25, 0.3) is 0 Å². The van der Waals surface area contributed by atoms with Gasteiger partial charge in [-0.3, -0.25) is 4.99 Å². The van der Waals surface area contributed by atoms with Crippen LogP contribution in [0.1, 0.15) is 26.7 Å². The van der Waals surface area contributed by atoms with Crippen molar-refractivity contribution in [2.75, 3.05) is 66.7 Å². The molecule has 2 N–H and O–H groups in total. The van der Waals surface area contributed by atoms with Crippen molar-refractivity contribution in [1.82, 2.24) is 15.5 Å². The minimum atomic E-state index is 0.656. The number of hydrogen-bond donors (Lipinski definition) is 2. The van der Waals surface area contributed by atoms with Crippen LogP contribution in [0.5, 0.6) is 0 Å². The summed E-state index contributed by atoms with van der Waals surface area (Å²) < 4.78 is 10.3. The van der Waals surface area contributed by atoms with Crippen LogP contribution in [0.3, 0.4) is 0 Å². The van der Waals surface area contributed by atoms with E-state index in [1.807, 2.05) is 0 Å². The normalized spacial score (nSPS) is 12.0. The first-order valence-corrected chi connectivity index (χ1v) is 8.02. The van der Waals surface area contributed by atoms with Crippen molar-refractivity contribution in [3.63, 3.8) is 0 Å². The van der Waals surface area contributed by atoms with Gasteiger partial charge in [-0.05, 0) is 32.5 Å². The maximum Gasteiger partial charge on any atom is 0.190 e. The number of ether oxygens (including phenoxy) is 2. The summed E-state index contributed by atoms with van der Waals surface area (Å²) in [5.74, 6) is 0.867. The Morgan fingerprint density at radius 1 is 1.00 bits per heavy atom. The molecule has 0 spiro atoms. The minimum Gasteiger partial charge on any atom is -0.382 e. The van der Waals surface area contributed by atoms with E-state index in [0.29, 0.717) is 13.2 Å². The van der Waals surface area contributed by atoms with Gasteiger partial charge in [0.2, 0.25) is 0 Å². The molecule has 6 heteroatoms. The summed E-state index contributed by atoms with van der Waals surface area (Å²) in [5, 5.41) is 6.63. The van der Waals surface area contributed by atoms with E-state index in [9.17, 15) is 0 Å². The van der Waals surface area contributed by atoms with Crippen LogP contribution in [0.2, 0.25) is 0 Å². The van der Waals surface area contributed by atoms with E-state index in [2.05, 4.69) is 34.4 Å². The molecule has 0 rings (SSSR count). The fraction of sp³-hybridized carbons (Fsp3) is 0.933. The Hall–Kier alpha value is -0.850. The summed E-state index contributed by atoms with van der Waals surface area (Å²) in [6.07, 6.45) is 2.09. The zero-order valence-electron chi connectivity index (χ0n) is 14.3. The molecule has 0 aliphatic rings. The Labute approximate surface area is 130 Å². The predicted octanol–water partition coefficient (Wildman–Crippen LogP) is 0.936. The van der Waals surface area contributed by atoms with Crippen molar-refractivity contribution in [2.45, 2.75) is 26.7 Å². The third-order valence-corrected chi connectivity index (χ3v) is 3.25. The van der Waals surface area contributed by atoms with Gasteiger partial charge in [-0.15, -0.1) is 0 Å². The average Bonchev–Trinajstić information content (AvgIpc) is 2.52. The van der Waals surface area contributed by atoms with E-state index in [-0.39, 0.29) is 0 Å². The molecule has 0 aromatic rings. The smallest absolute Gasteiger partial charge is 0.190 e. The van der Waals surface area contributed by atoms with Crippen LogP contribution in [0, 0.1) is 0 Å². The SMILES string of the molecule is CCN(CC)CCCNC(=NC)NCCCOCCOC. The molecule has 0 bridgehead atoms. The van der Waals surface area contributed by atoms with Gasteiger partial charge < -0.3 is 25.0 Å². The van der Waals surface area contributed by atoms with Crippen LogP contribution < -0.4 is 10.6 Å². The van der Waals surface area contributed by atoms with Crippen molar-refractivity contribution in [1.29, 1.82) is 0 Å². The second-order valence-electron chi connectivity index (χ2n) is 4.76. The van der Waals surface area contributed by atoms with Gasteiger partial charge in [-0.25, -0.2) is 0 Å². The molecular formula is C15H34N4O2. The summed E-state index contributed by atoms with van der Waals surface area (Å²) >= 11 is 0. The van der Waals surface area contributed by atoms with Crippen molar-refractivity contribution in [3.8, 4) is 0 Å². The van der Waals surface area contributed by atoms with E-state index in [0.717, 1.165) is 58.1 Å². The zero-order valence-corrected chi connectivity index (χ0v) is 14.3. The largest absolute Gasteiger partial charge is 0.382 e. The molecule has 0 saturated carbocycles. The van der Waals surface area contributed by atoms with E-state index in [1.165, 1.54) is 0 Å². The predicted molar refractivity (Wildman–Crippen MR) is 89.1 cm³/mol. The third kappa shape index (κ3) is 12.6. The Balaban J connectivity index is 3.50. The lowest BCUT2D eigenvalue weighted by molar-refractivity contribution is 0.0698. The fourth-order valence-electron chi connectivity index (χ4n) is 1.90. The van der Waals surface area contributed by atoms with E-state index < -0.39 is 0 Å². The first-order chi connectivity index (χ1) is 10.3. The van der Waals surface area contributed by atoms with Crippen molar-refractivity contribution < 1.29 is 9.47 Å². The topological polar surface area (TPSA) is 58.1 Å². The van der Waals surface area contributed by atoms with Gasteiger partial charge in [0.25, 0.3) is 0 Å². The summed E-state index contributed by atoms with van der Waals surface area (Å²) in [7, 11) is 3.48. The molecule has 0 aliphatic heterocycles. The Kier molecular flexibility index (Phi) is 14.9. The second kappa shape index (κ2) is 15.5. The molecule has 6 nitrogen and oxygen atoms in total. The van der Waals surface area contributed by atoms with Gasteiger partial charge in [-0.1, -0.05) is 13.8 Å². The summed E-state index contributed by atoms with van der Waals surface area (Å²) in [6, 6.07) is 0. The molecule has 0 aromatic carbocycles. The van der Waals surface area contributed by atoms with Gasteiger partial charge in [0.05, 0.1) is 13.2 Å². The van der Waals surface area contributed by atoms with Crippen LogP contribution >= 0.6 is 0 Å². The van der Waals surface area contributed by atoms with E-state index in [4.69, 9.17) is 9.47 Å². The molecule has 0 heterocycles. The lowest BCUT2D eigenvalue weighted by atomic mass is 10.3. The second-order valence-corrected chi connectivity index (χ2v) is 4.76. The summed E-state index contributed by atoms with van der Waals surface area (Å²) in [6.45, 7) is 11.6. The van der Waals surface area contributed by atoms with Crippen LogP contribution in [-0.4, -0.2) is 77.6 Å². The van der Waals surface area contributed by atoms with E-state index in [1.54, 1.807) is 14.2 Å². The highest BCUT2D eigenvalue weighted by Gasteiger charge is 2.00. The zero-order chi connectivity index (χ0) is 15.8. The fourth-order valence-corrected chi connectivity index (χ4v) is 1.90. The average molecular weight is 302 g/mol. The standard InChI is InChI=1S/C15H34N4O2/c1-5-19(6-2)11-7-9-17-15(16-3)18-10-8-12-21-14-13-20-4/h5-14H2,1-4H3,(H2,16,17,18). The number of aliphatic imine (C=N–C) groups is 1. The minimum absolute atomic E-state index is 0.656. The highest BCUT2D eigenvalue weighted by Crippen LogP contribution is 1.89. The lowest BCUT2D eigenvalue weighted by Gasteiger charge is -2.18. The van der Waals surface area contributed by atoms with Crippen LogP contribution in [0.4, 0.5) is 0 Å². The number of rotatable bonds is 13. The highest BCUT2D eigenvalue weighted by atomic mass is 16.5. The maximum absolute atomic E-state index is 5.41. The molecule has 0 atom stereocenters. The monoisotopic (exact) mass is 302 g/mol. The van der Waals surface area contributed by atoms with Gasteiger partial charge in [0.1, 0.15) is 0 Å². The number of methoxy groups -OCH3 is 1. The molecular weight excluding hydrogens is 268 g/mol. The summed E-state index contributed by atoms with van der Waals surface area (Å²) in [5.41, 5.74) is 0. The number of nitrogens with zero attached hydrogens (tertiary/aromatic N) is 2. The number of nitrogens with one attached hydrogen (secondary N) is 2. The van der Waals surface area contributed by atoms with Crippen LogP contribution in [0.15, 0.2) is 4.99 Å². The summed E-state index contributed by atoms with van der Waals surface area (Å²) in [4.78, 5) is 6.64. The molecule has 0 fully saturated rings. The number of hydrogen-bond acceptors (Lipinski definition) is 4. The van der Waals surface area contributed by atoms with Gasteiger partial charge in [0.15, 0.2) is 5.96 Å². The Bertz CT molecular complexity index is 246. The quantitative estimate of drug-likeness (QED) is 0.301. The van der Waals surface area contributed by atoms with E-state index >= 15 is 0 Å². The molecule has 0 amide bonds. The molecule has 21 heavy (non-hydrogen) atoms. The molecule has 0 radical (unpaired) electrons.